The topological polar surface area (TPSA) is 17.1 Å². The zero-order valence-corrected chi connectivity index (χ0v) is 9.12. The molecule has 0 spiro atoms. The van der Waals surface area contributed by atoms with Gasteiger partial charge in [0.15, 0.2) is 5.78 Å². The van der Waals surface area contributed by atoms with E-state index in [1.807, 2.05) is 19.1 Å². The number of carbonyl (C=O) groups excluding carboxylic acids is 1. The van der Waals surface area contributed by atoms with Crippen LogP contribution in [0.3, 0.4) is 0 Å². The second-order valence-electron chi connectivity index (χ2n) is 3.29. The van der Waals surface area contributed by atoms with Crippen molar-refractivity contribution in [2.45, 2.75) is 39.5 Å². The molecule has 2 heteroatoms. The van der Waals surface area contributed by atoms with Crippen LogP contribution in [0.4, 0.5) is 0 Å². The smallest absolute Gasteiger partial charge is 0.172 e. The highest BCUT2D eigenvalue weighted by Crippen LogP contribution is 2.17. The molecule has 0 aliphatic heterocycles. The van der Waals surface area contributed by atoms with Crippen molar-refractivity contribution in [1.29, 1.82) is 0 Å². The molecule has 0 amide bonds. The molecule has 0 aliphatic rings. The summed E-state index contributed by atoms with van der Waals surface area (Å²) in [6, 6.07) is 3.95. The van der Waals surface area contributed by atoms with Crippen molar-refractivity contribution in [1.82, 2.24) is 0 Å². The van der Waals surface area contributed by atoms with Gasteiger partial charge in [0.2, 0.25) is 0 Å². The fourth-order valence-corrected chi connectivity index (χ4v) is 2.08. The standard InChI is InChI=1S/C11H16OS/c1-3-4-5-6-10(12)11-8-7-9(2)13-11/h7-8H,3-6H2,1-2H3. The predicted molar refractivity (Wildman–Crippen MR) is 57.5 cm³/mol. The van der Waals surface area contributed by atoms with Crippen LogP contribution in [0.5, 0.6) is 0 Å². The van der Waals surface area contributed by atoms with Gasteiger partial charge in [-0.3, -0.25) is 4.79 Å². The highest BCUT2D eigenvalue weighted by atomic mass is 32.1. The van der Waals surface area contributed by atoms with E-state index in [1.165, 1.54) is 11.3 Å². The van der Waals surface area contributed by atoms with E-state index in [9.17, 15) is 4.79 Å². The molecular formula is C11H16OS. The van der Waals surface area contributed by atoms with Gasteiger partial charge in [-0.1, -0.05) is 19.8 Å². The van der Waals surface area contributed by atoms with Gasteiger partial charge < -0.3 is 0 Å². The maximum atomic E-state index is 11.5. The van der Waals surface area contributed by atoms with Gasteiger partial charge in [0.05, 0.1) is 4.88 Å². The molecule has 1 aromatic heterocycles. The largest absolute Gasteiger partial charge is 0.293 e. The first-order valence-corrected chi connectivity index (χ1v) is 5.65. The van der Waals surface area contributed by atoms with Crippen LogP contribution in [0.25, 0.3) is 0 Å². The Hall–Kier alpha value is -0.630. The number of Topliss-reactive ketones (excluding diaryl/α,β-unsaturated/α-hetero) is 1. The van der Waals surface area contributed by atoms with Gasteiger partial charge in [0.25, 0.3) is 0 Å². The molecule has 72 valence electrons. The lowest BCUT2D eigenvalue weighted by molar-refractivity contribution is 0.0983. The first kappa shape index (κ1) is 10.5. The Morgan fingerprint density at radius 3 is 2.69 bits per heavy atom. The molecule has 1 nitrogen and oxygen atoms in total. The second kappa shape index (κ2) is 5.18. The lowest BCUT2D eigenvalue weighted by Gasteiger charge is -1.95. The number of aryl methyl sites for hydroxylation is 1. The molecule has 0 bridgehead atoms. The van der Waals surface area contributed by atoms with Crippen LogP contribution in [-0.2, 0) is 0 Å². The number of rotatable bonds is 5. The fraction of sp³-hybridized carbons (Fsp3) is 0.545. The molecule has 0 saturated carbocycles. The molecule has 1 aromatic rings. The van der Waals surface area contributed by atoms with Crippen LogP contribution in [0, 0.1) is 6.92 Å². The molecule has 0 atom stereocenters. The summed E-state index contributed by atoms with van der Waals surface area (Å²) >= 11 is 1.60. The van der Waals surface area contributed by atoms with E-state index in [-0.39, 0.29) is 0 Å². The summed E-state index contributed by atoms with van der Waals surface area (Å²) in [6.07, 6.45) is 4.09. The van der Waals surface area contributed by atoms with E-state index in [4.69, 9.17) is 0 Å². The summed E-state index contributed by atoms with van der Waals surface area (Å²) in [7, 11) is 0. The molecule has 0 unspecified atom stereocenters. The molecule has 0 radical (unpaired) electrons. The Balaban J connectivity index is 2.40. The summed E-state index contributed by atoms with van der Waals surface area (Å²) in [5.41, 5.74) is 0. The van der Waals surface area contributed by atoms with Gasteiger partial charge >= 0.3 is 0 Å². The average Bonchev–Trinajstić information content (AvgIpc) is 2.52. The number of ketones is 1. The average molecular weight is 196 g/mol. The number of unbranched alkanes of at least 4 members (excludes halogenated alkanes) is 2. The molecule has 0 fully saturated rings. The normalized spacial score (nSPS) is 10.3. The van der Waals surface area contributed by atoms with E-state index in [1.54, 1.807) is 11.3 Å². The summed E-state index contributed by atoms with van der Waals surface area (Å²) in [5.74, 6) is 0.312. The molecule has 0 N–H and O–H groups in total. The Morgan fingerprint density at radius 1 is 1.38 bits per heavy atom. The minimum absolute atomic E-state index is 0.312. The molecule has 0 aliphatic carbocycles. The van der Waals surface area contributed by atoms with Gasteiger partial charge in [0, 0.05) is 11.3 Å². The minimum atomic E-state index is 0.312. The SMILES string of the molecule is CCCCCC(=O)c1ccc(C)s1. The van der Waals surface area contributed by atoms with Crippen molar-refractivity contribution in [3.8, 4) is 0 Å². The fourth-order valence-electron chi connectivity index (χ4n) is 1.24. The second-order valence-corrected chi connectivity index (χ2v) is 4.58. The molecular weight excluding hydrogens is 180 g/mol. The van der Waals surface area contributed by atoms with Crippen molar-refractivity contribution in [3.05, 3.63) is 21.9 Å². The lowest BCUT2D eigenvalue weighted by atomic mass is 10.1. The highest BCUT2D eigenvalue weighted by molar-refractivity contribution is 7.14. The Bertz CT molecular complexity index is 275. The first-order chi connectivity index (χ1) is 6.24. The monoisotopic (exact) mass is 196 g/mol. The van der Waals surface area contributed by atoms with Crippen molar-refractivity contribution in [3.63, 3.8) is 0 Å². The molecule has 1 rings (SSSR count). The third kappa shape index (κ3) is 3.31. The lowest BCUT2D eigenvalue weighted by Crippen LogP contribution is -1.94. The van der Waals surface area contributed by atoms with Crippen molar-refractivity contribution >= 4 is 17.1 Å². The summed E-state index contributed by atoms with van der Waals surface area (Å²) in [6.45, 7) is 4.19. The van der Waals surface area contributed by atoms with Gasteiger partial charge in [0.1, 0.15) is 0 Å². The number of hydrogen-bond acceptors (Lipinski definition) is 2. The van der Waals surface area contributed by atoms with Crippen molar-refractivity contribution in [2.24, 2.45) is 0 Å². The van der Waals surface area contributed by atoms with E-state index in [0.717, 1.165) is 17.7 Å². The minimum Gasteiger partial charge on any atom is -0.293 e. The quantitative estimate of drug-likeness (QED) is 0.517. The van der Waals surface area contributed by atoms with Crippen molar-refractivity contribution < 1.29 is 4.79 Å². The van der Waals surface area contributed by atoms with E-state index < -0.39 is 0 Å². The predicted octanol–water partition coefficient (Wildman–Crippen LogP) is 3.82. The van der Waals surface area contributed by atoms with Gasteiger partial charge in [-0.15, -0.1) is 11.3 Å². The Labute approximate surface area is 83.8 Å². The summed E-state index contributed by atoms with van der Waals surface area (Å²) < 4.78 is 0. The molecule has 0 aromatic carbocycles. The zero-order valence-electron chi connectivity index (χ0n) is 8.30. The van der Waals surface area contributed by atoms with Crippen LogP contribution in [0.1, 0.15) is 47.2 Å². The summed E-state index contributed by atoms with van der Waals surface area (Å²) in [4.78, 5) is 13.7. The van der Waals surface area contributed by atoms with Crippen LogP contribution >= 0.6 is 11.3 Å². The first-order valence-electron chi connectivity index (χ1n) is 4.83. The van der Waals surface area contributed by atoms with Gasteiger partial charge in [-0.05, 0) is 25.5 Å². The van der Waals surface area contributed by atoms with E-state index in [0.29, 0.717) is 12.2 Å². The zero-order chi connectivity index (χ0) is 9.68. The van der Waals surface area contributed by atoms with Gasteiger partial charge in [-0.25, -0.2) is 0 Å². The van der Waals surface area contributed by atoms with Crippen molar-refractivity contribution in [2.75, 3.05) is 0 Å². The molecule has 1 heterocycles. The van der Waals surface area contributed by atoms with Crippen LogP contribution in [0.2, 0.25) is 0 Å². The maximum Gasteiger partial charge on any atom is 0.172 e. The van der Waals surface area contributed by atoms with E-state index in [2.05, 4.69) is 6.92 Å². The van der Waals surface area contributed by atoms with Crippen LogP contribution in [0.15, 0.2) is 12.1 Å². The maximum absolute atomic E-state index is 11.5. The van der Waals surface area contributed by atoms with Gasteiger partial charge in [-0.2, -0.15) is 0 Å². The number of thiophene rings is 1. The number of carbonyl (C=O) groups is 1. The highest BCUT2D eigenvalue weighted by Gasteiger charge is 2.06. The third-order valence-corrected chi connectivity index (χ3v) is 3.06. The molecule has 0 saturated heterocycles. The third-order valence-electron chi connectivity index (χ3n) is 2.02. The molecule has 13 heavy (non-hydrogen) atoms. The summed E-state index contributed by atoms with van der Waals surface area (Å²) in [5, 5.41) is 0. The Morgan fingerprint density at radius 2 is 2.15 bits per heavy atom. The van der Waals surface area contributed by atoms with Crippen LogP contribution < -0.4 is 0 Å². The van der Waals surface area contributed by atoms with Crippen LogP contribution in [-0.4, -0.2) is 5.78 Å². The van der Waals surface area contributed by atoms with E-state index >= 15 is 0 Å². The number of hydrogen-bond donors (Lipinski definition) is 0. The Kier molecular flexibility index (Phi) is 4.16.